The van der Waals surface area contributed by atoms with Gasteiger partial charge in [0.25, 0.3) is 0 Å². The Morgan fingerprint density at radius 1 is 0.562 bits per heavy atom. The number of aromatic amines is 3. The van der Waals surface area contributed by atoms with Crippen molar-refractivity contribution in [3.63, 3.8) is 0 Å². The zero-order chi connectivity index (χ0) is 10.6. The molecule has 1 atom stereocenters. The van der Waals surface area contributed by atoms with Gasteiger partial charge in [-0.05, 0) is 0 Å². The van der Waals surface area contributed by atoms with Gasteiger partial charge < -0.3 is 0 Å². The van der Waals surface area contributed by atoms with Gasteiger partial charge in [-0.1, -0.05) is 0 Å². The summed E-state index contributed by atoms with van der Waals surface area (Å²) >= 11 is 0. The van der Waals surface area contributed by atoms with Crippen molar-refractivity contribution in [1.82, 2.24) is 45.5 Å². The third-order valence-electron chi connectivity index (χ3n) is 0.994. The molecule has 0 saturated heterocycles. The quantitative estimate of drug-likeness (QED) is 0.454. The summed E-state index contributed by atoms with van der Waals surface area (Å²) in [4.78, 5) is 10.7. The molecule has 0 fully saturated rings. The molecule has 0 aromatic carbocycles. The fourth-order valence-electron chi connectivity index (χ4n) is 0.500. The van der Waals surface area contributed by atoms with Crippen molar-refractivity contribution < 1.29 is 0 Å². The maximum absolute atomic E-state index is 3.56. The van der Waals surface area contributed by atoms with Crippen LogP contribution in [0.15, 0.2) is 38.0 Å². The van der Waals surface area contributed by atoms with Crippen LogP contribution in [-0.2, 0) is 0 Å². The van der Waals surface area contributed by atoms with Gasteiger partial charge in [0.2, 0.25) is 0 Å². The van der Waals surface area contributed by atoms with Gasteiger partial charge in [-0.2, -0.15) is 25.2 Å². The summed E-state index contributed by atoms with van der Waals surface area (Å²) in [6.07, 6.45) is 8.88. The molecule has 0 spiro atoms. The van der Waals surface area contributed by atoms with Crippen molar-refractivity contribution in [2.75, 3.05) is 0 Å². The fourth-order valence-corrected chi connectivity index (χ4v) is 0.500. The first-order chi connectivity index (χ1) is 7.50. The Morgan fingerprint density at radius 3 is 0.938 bits per heavy atom. The predicted octanol–water partition coefficient (Wildman–Crippen LogP) is -0.528. The Balaban J connectivity index is 0.000000205. The van der Waals surface area contributed by atoms with Crippen LogP contribution in [0.3, 0.4) is 0 Å². The zero-order valence-corrected chi connectivity index (χ0v) is 9.77. The minimum absolute atomic E-state index is 0. The van der Waals surface area contributed by atoms with Crippen molar-refractivity contribution >= 4 is 9.90 Å². The van der Waals surface area contributed by atoms with Gasteiger partial charge in [-0.3, -0.25) is 15.3 Å². The van der Waals surface area contributed by atoms with E-state index in [4.69, 9.17) is 0 Å². The maximum Gasteiger partial charge on any atom is 0.137 e. The topological polar surface area (TPSA) is 125 Å². The second-order valence-electron chi connectivity index (χ2n) is 1.96. The second-order valence-corrected chi connectivity index (χ2v) is 1.96. The molecule has 3 aromatic rings. The van der Waals surface area contributed by atoms with Gasteiger partial charge in [-0.25, -0.2) is 15.0 Å². The number of nitrogens with one attached hydrogen (secondary N) is 3. The zero-order valence-electron chi connectivity index (χ0n) is 8.35. The third-order valence-corrected chi connectivity index (χ3v) is 0.994. The summed E-state index contributed by atoms with van der Waals surface area (Å²) in [7, 11) is 0. The number of H-pyrrole nitrogens is 3. The number of aromatic nitrogens is 9. The van der Waals surface area contributed by atoms with Gasteiger partial charge in [0, 0.05) is 0 Å². The first kappa shape index (κ1) is 13.8. The maximum atomic E-state index is 3.56. The molecule has 1 unspecified atom stereocenters. The van der Waals surface area contributed by atoms with E-state index in [0.717, 1.165) is 0 Å². The molecule has 0 bridgehead atoms. The molecule has 0 saturated carbocycles. The van der Waals surface area contributed by atoms with E-state index in [1.54, 1.807) is 0 Å². The highest BCUT2D eigenvalue weighted by atomic mass is 31.0. The van der Waals surface area contributed by atoms with E-state index < -0.39 is 0 Å². The molecule has 3 aromatic heterocycles. The lowest BCUT2D eigenvalue weighted by molar-refractivity contribution is 1.09. The Bertz CT molecular complexity index is 252. The molecule has 9 nitrogen and oxygen atoms in total. The van der Waals surface area contributed by atoms with Crippen molar-refractivity contribution in [2.45, 2.75) is 0 Å². The summed E-state index contributed by atoms with van der Waals surface area (Å²) in [5, 5.41) is 18.0. The molecular formula is C6H12N9P. The van der Waals surface area contributed by atoms with E-state index in [9.17, 15) is 0 Å². The van der Waals surface area contributed by atoms with Crippen LogP contribution >= 0.6 is 9.90 Å². The molecule has 10 heteroatoms. The molecule has 3 rings (SSSR count). The van der Waals surface area contributed by atoms with E-state index >= 15 is 0 Å². The summed E-state index contributed by atoms with van der Waals surface area (Å²) in [5.74, 6) is 0. The van der Waals surface area contributed by atoms with E-state index in [0.29, 0.717) is 0 Å². The average molecular weight is 241 g/mol. The monoisotopic (exact) mass is 241 g/mol. The molecule has 3 N–H and O–H groups in total. The number of hydrogen-bond acceptors (Lipinski definition) is 6. The largest absolute Gasteiger partial charge is 0.266 e. The highest BCUT2D eigenvalue weighted by Crippen LogP contribution is 1.54. The minimum Gasteiger partial charge on any atom is -0.266 e. The Labute approximate surface area is 94.2 Å². The smallest absolute Gasteiger partial charge is 0.137 e. The highest BCUT2D eigenvalue weighted by Gasteiger charge is 1.58. The number of hydrogen-bond donors (Lipinski definition) is 3. The normalized spacial score (nSPS) is 7.50. The van der Waals surface area contributed by atoms with Crippen LogP contribution in [0.25, 0.3) is 0 Å². The first-order valence-corrected chi connectivity index (χ1v) is 3.86. The van der Waals surface area contributed by atoms with Crippen molar-refractivity contribution in [2.24, 2.45) is 0 Å². The van der Waals surface area contributed by atoms with Crippen LogP contribution in [0, 0.1) is 0 Å². The Morgan fingerprint density at radius 2 is 0.875 bits per heavy atom. The molecule has 16 heavy (non-hydrogen) atoms. The third kappa shape index (κ3) is 8.45. The predicted molar refractivity (Wildman–Crippen MR) is 60.3 cm³/mol. The molecule has 0 aliphatic rings. The van der Waals surface area contributed by atoms with Crippen LogP contribution in [0.2, 0.25) is 0 Å². The minimum atomic E-state index is 0. The van der Waals surface area contributed by atoms with Gasteiger partial charge in [0.15, 0.2) is 0 Å². The number of nitrogens with zero attached hydrogens (tertiary/aromatic N) is 6. The van der Waals surface area contributed by atoms with E-state index in [1.807, 2.05) is 0 Å². The molecular weight excluding hydrogens is 229 g/mol. The molecule has 0 aliphatic heterocycles. The highest BCUT2D eigenvalue weighted by molar-refractivity contribution is 6.92. The molecule has 0 aliphatic carbocycles. The van der Waals surface area contributed by atoms with E-state index in [2.05, 4.69) is 45.5 Å². The van der Waals surface area contributed by atoms with Crippen LogP contribution in [0.5, 0.6) is 0 Å². The lowest BCUT2D eigenvalue weighted by Gasteiger charge is -1.46. The van der Waals surface area contributed by atoms with Gasteiger partial charge >= 0.3 is 0 Å². The molecule has 0 amide bonds. The molecule has 0 radical (unpaired) electrons. The van der Waals surface area contributed by atoms with Gasteiger partial charge in [0.05, 0.1) is 0 Å². The van der Waals surface area contributed by atoms with Crippen molar-refractivity contribution in [1.29, 1.82) is 0 Å². The van der Waals surface area contributed by atoms with E-state index in [1.165, 1.54) is 38.0 Å². The summed E-state index contributed by atoms with van der Waals surface area (Å²) in [6.45, 7) is 0. The van der Waals surface area contributed by atoms with Crippen LogP contribution in [-0.4, -0.2) is 45.5 Å². The standard InChI is InChI=1S/3C2H3N3.H3P/c3*1-3-2-5-4-1;/h3*1-2H,(H,3,4,5);1H3. The van der Waals surface area contributed by atoms with Crippen LogP contribution in [0.1, 0.15) is 0 Å². The molecule has 3 heterocycles. The van der Waals surface area contributed by atoms with E-state index in [-0.39, 0.29) is 9.90 Å². The van der Waals surface area contributed by atoms with Crippen molar-refractivity contribution in [3.8, 4) is 0 Å². The van der Waals surface area contributed by atoms with Crippen molar-refractivity contribution in [3.05, 3.63) is 38.0 Å². The SMILES string of the molecule is P.c1nc[nH]n1.c1nc[nH]n1.c1nc[nH]n1. The lowest BCUT2D eigenvalue weighted by Crippen LogP contribution is -1.53. The first-order valence-electron chi connectivity index (χ1n) is 3.86. The Kier molecular flexibility index (Phi) is 9.46. The fraction of sp³-hybridized carbons (Fsp3) is 0. The summed E-state index contributed by atoms with van der Waals surface area (Å²) in [5.41, 5.74) is 0. The summed E-state index contributed by atoms with van der Waals surface area (Å²) in [6, 6.07) is 0. The van der Waals surface area contributed by atoms with Gasteiger partial charge in [0.1, 0.15) is 38.0 Å². The second kappa shape index (κ2) is 10.9. The van der Waals surface area contributed by atoms with Gasteiger partial charge in [-0.15, -0.1) is 0 Å². The molecule has 86 valence electrons. The average Bonchev–Trinajstić information content (AvgIpc) is 3.09. The Hall–Kier alpha value is -2.15. The summed E-state index contributed by atoms with van der Waals surface area (Å²) < 4.78 is 0. The lowest BCUT2D eigenvalue weighted by atomic mass is 11.3. The van der Waals surface area contributed by atoms with Crippen LogP contribution in [0.4, 0.5) is 0 Å². The number of rotatable bonds is 0. The van der Waals surface area contributed by atoms with Crippen LogP contribution < -0.4 is 0 Å².